The summed E-state index contributed by atoms with van der Waals surface area (Å²) in [6, 6.07) is 5.92. The van der Waals surface area contributed by atoms with E-state index in [2.05, 4.69) is 25.7 Å². The van der Waals surface area contributed by atoms with E-state index in [4.69, 9.17) is 5.26 Å². The van der Waals surface area contributed by atoms with Gasteiger partial charge in [-0.2, -0.15) is 10.4 Å². The maximum atomic E-state index is 14.6. The molecule has 4 rings (SSSR count). The summed E-state index contributed by atoms with van der Waals surface area (Å²) in [7, 11) is 0. The molecule has 1 aliphatic rings. The molecule has 1 aliphatic carbocycles. The second kappa shape index (κ2) is 7.91. The molecule has 0 bridgehead atoms. The fraction of sp³-hybridized carbons (Fsp3) is 0.286. The van der Waals surface area contributed by atoms with Gasteiger partial charge < -0.3 is 10.6 Å². The lowest BCUT2D eigenvalue weighted by atomic mass is 10.0. The molecule has 1 aromatic carbocycles. The van der Waals surface area contributed by atoms with Crippen LogP contribution in [-0.2, 0) is 0 Å². The zero-order chi connectivity index (χ0) is 21.3. The summed E-state index contributed by atoms with van der Waals surface area (Å²) < 4.78 is 16.5. The number of rotatable bonds is 6. The summed E-state index contributed by atoms with van der Waals surface area (Å²) in [4.78, 5) is 20.9. The first kappa shape index (κ1) is 19.5. The average molecular weight is 405 g/mol. The Labute approximate surface area is 172 Å². The van der Waals surface area contributed by atoms with Crippen molar-refractivity contribution in [3.63, 3.8) is 0 Å². The molecule has 1 fully saturated rings. The Hall–Kier alpha value is -3.80. The molecule has 152 valence electrons. The predicted octanol–water partition coefficient (Wildman–Crippen LogP) is 3.51. The highest BCUT2D eigenvalue weighted by Gasteiger charge is 2.24. The van der Waals surface area contributed by atoms with Crippen molar-refractivity contribution in [2.45, 2.75) is 38.8 Å². The van der Waals surface area contributed by atoms with Crippen LogP contribution in [-0.4, -0.2) is 31.7 Å². The van der Waals surface area contributed by atoms with E-state index >= 15 is 0 Å². The van der Waals surface area contributed by atoms with Crippen molar-refractivity contribution >= 4 is 17.5 Å². The molecule has 0 radical (unpaired) electrons. The standard InChI is InChI=1S/C21H20FN7O/c1-12-9-24-21(27-15-10-25-29(11-15)16-4-5-16)28-19(12)14-3-6-17(18(22)7-14)20(30)26-13(2)8-23/h3,6-7,9-11,13,16H,4-5H2,1-2H3,(H,26,30)(H,24,27,28)/t13-/m0/s1. The summed E-state index contributed by atoms with van der Waals surface area (Å²) in [6.07, 6.45) is 7.57. The van der Waals surface area contributed by atoms with Crippen LogP contribution in [0.4, 0.5) is 16.0 Å². The van der Waals surface area contributed by atoms with Crippen molar-refractivity contribution in [2.75, 3.05) is 5.32 Å². The molecule has 9 heteroatoms. The van der Waals surface area contributed by atoms with Gasteiger partial charge in [0.15, 0.2) is 0 Å². The number of carbonyl (C=O) groups excluding carboxylic acids is 1. The topological polar surface area (TPSA) is 109 Å². The van der Waals surface area contributed by atoms with Gasteiger partial charge in [-0.15, -0.1) is 0 Å². The first-order valence-electron chi connectivity index (χ1n) is 9.60. The molecule has 30 heavy (non-hydrogen) atoms. The minimum Gasteiger partial charge on any atom is -0.336 e. The molecule has 2 aromatic heterocycles. The summed E-state index contributed by atoms with van der Waals surface area (Å²) in [5.74, 6) is -0.952. The van der Waals surface area contributed by atoms with Gasteiger partial charge in [0, 0.05) is 18.0 Å². The zero-order valence-corrected chi connectivity index (χ0v) is 16.6. The van der Waals surface area contributed by atoms with E-state index < -0.39 is 17.8 Å². The molecule has 0 spiro atoms. The van der Waals surface area contributed by atoms with Crippen LogP contribution in [0.2, 0.25) is 0 Å². The third-order valence-electron chi connectivity index (χ3n) is 4.78. The Morgan fingerprint density at radius 1 is 1.37 bits per heavy atom. The highest BCUT2D eigenvalue weighted by Crippen LogP contribution is 2.34. The van der Waals surface area contributed by atoms with Crippen LogP contribution in [0.1, 0.15) is 41.7 Å². The smallest absolute Gasteiger partial charge is 0.255 e. The highest BCUT2D eigenvalue weighted by atomic mass is 19.1. The Morgan fingerprint density at radius 3 is 2.87 bits per heavy atom. The lowest BCUT2D eigenvalue weighted by molar-refractivity contribution is 0.0944. The highest BCUT2D eigenvalue weighted by molar-refractivity contribution is 5.95. The van der Waals surface area contributed by atoms with Crippen molar-refractivity contribution in [1.82, 2.24) is 25.1 Å². The summed E-state index contributed by atoms with van der Waals surface area (Å²) in [6.45, 7) is 3.36. The van der Waals surface area contributed by atoms with Gasteiger partial charge in [-0.05, 0) is 44.4 Å². The molecular weight excluding hydrogens is 385 g/mol. The lowest BCUT2D eigenvalue weighted by Crippen LogP contribution is -2.31. The number of benzene rings is 1. The summed E-state index contributed by atoms with van der Waals surface area (Å²) >= 11 is 0. The number of aryl methyl sites for hydroxylation is 1. The zero-order valence-electron chi connectivity index (χ0n) is 16.6. The average Bonchev–Trinajstić information content (AvgIpc) is 3.48. The van der Waals surface area contributed by atoms with Crippen LogP contribution >= 0.6 is 0 Å². The van der Waals surface area contributed by atoms with E-state index in [0.29, 0.717) is 23.2 Å². The summed E-state index contributed by atoms with van der Waals surface area (Å²) in [5.41, 5.74) is 2.50. The molecule has 1 amide bonds. The van der Waals surface area contributed by atoms with Gasteiger partial charge in [-0.1, -0.05) is 6.07 Å². The monoisotopic (exact) mass is 405 g/mol. The minimum absolute atomic E-state index is 0.126. The maximum absolute atomic E-state index is 14.6. The number of amides is 1. The van der Waals surface area contributed by atoms with Crippen molar-refractivity contribution in [2.24, 2.45) is 0 Å². The van der Waals surface area contributed by atoms with Gasteiger partial charge in [-0.3, -0.25) is 9.48 Å². The van der Waals surface area contributed by atoms with Crippen LogP contribution in [0, 0.1) is 24.1 Å². The van der Waals surface area contributed by atoms with Gasteiger partial charge in [0.1, 0.15) is 11.9 Å². The fourth-order valence-corrected chi connectivity index (χ4v) is 3.02. The number of aromatic nitrogens is 4. The molecule has 1 saturated carbocycles. The fourth-order valence-electron chi connectivity index (χ4n) is 3.02. The van der Waals surface area contributed by atoms with Crippen molar-refractivity contribution in [3.8, 4) is 17.3 Å². The number of hydrogen-bond acceptors (Lipinski definition) is 6. The maximum Gasteiger partial charge on any atom is 0.255 e. The molecule has 0 aliphatic heterocycles. The first-order valence-corrected chi connectivity index (χ1v) is 9.60. The first-order chi connectivity index (χ1) is 14.4. The second-order valence-electron chi connectivity index (χ2n) is 7.31. The molecule has 3 aromatic rings. The molecule has 8 nitrogen and oxygen atoms in total. The van der Waals surface area contributed by atoms with E-state index in [-0.39, 0.29) is 5.56 Å². The van der Waals surface area contributed by atoms with Crippen molar-refractivity contribution < 1.29 is 9.18 Å². The Bertz CT molecular complexity index is 1150. The third-order valence-corrected chi connectivity index (χ3v) is 4.78. The van der Waals surface area contributed by atoms with E-state index in [9.17, 15) is 9.18 Å². The van der Waals surface area contributed by atoms with Gasteiger partial charge in [0.25, 0.3) is 5.91 Å². The Morgan fingerprint density at radius 2 is 2.17 bits per heavy atom. The number of carbonyl (C=O) groups is 1. The Balaban J connectivity index is 1.57. The predicted molar refractivity (Wildman–Crippen MR) is 108 cm³/mol. The van der Waals surface area contributed by atoms with Crippen molar-refractivity contribution in [3.05, 3.63) is 53.7 Å². The van der Waals surface area contributed by atoms with Crippen LogP contribution in [0.25, 0.3) is 11.3 Å². The number of halogens is 1. The second-order valence-corrected chi connectivity index (χ2v) is 7.31. The molecular formula is C21H20FN7O. The summed E-state index contributed by atoms with van der Waals surface area (Å²) in [5, 5.41) is 18.7. The van der Waals surface area contributed by atoms with Crippen LogP contribution in [0.3, 0.4) is 0 Å². The van der Waals surface area contributed by atoms with Gasteiger partial charge in [0.05, 0.1) is 35.3 Å². The van der Waals surface area contributed by atoms with Crippen LogP contribution in [0.15, 0.2) is 36.8 Å². The van der Waals surface area contributed by atoms with Crippen LogP contribution in [0.5, 0.6) is 0 Å². The number of nitrogens with zero attached hydrogens (tertiary/aromatic N) is 5. The quantitative estimate of drug-likeness (QED) is 0.650. The van der Waals surface area contributed by atoms with E-state index in [1.807, 2.05) is 23.9 Å². The molecule has 0 unspecified atom stereocenters. The molecule has 0 saturated heterocycles. The number of nitriles is 1. The number of nitrogens with one attached hydrogen (secondary N) is 2. The molecule has 1 atom stereocenters. The molecule has 2 heterocycles. The SMILES string of the molecule is Cc1cnc(Nc2cnn(C3CC3)c2)nc1-c1ccc(C(=O)N[C@@H](C)C#N)c(F)c1. The van der Waals surface area contributed by atoms with Gasteiger partial charge in [0.2, 0.25) is 5.95 Å². The van der Waals surface area contributed by atoms with E-state index in [1.54, 1.807) is 18.5 Å². The van der Waals surface area contributed by atoms with Crippen molar-refractivity contribution in [1.29, 1.82) is 5.26 Å². The third kappa shape index (κ3) is 4.12. The van der Waals surface area contributed by atoms with E-state index in [0.717, 1.165) is 24.1 Å². The normalized spacial score (nSPS) is 14.1. The van der Waals surface area contributed by atoms with Crippen LogP contribution < -0.4 is 10.6 Å². The largest absolute Gasteiger partial charge is 0.336 e. The minimum atomic E-state index is -0.710. The van der Waals surface area contributed by atoms with Gasteiger partial charge >= 0.3 is 0 Å². The molecule has 2 N–H and O–H groups in total. The lowest BCUT2D eigenvalue weighted by Gasteiger charge is -2.11. The van der Waals surface area contributed by atoms with E-state index in [1.165, 1.54) is 19.1 Å². The number of anilines is 2. The Kier molecular flexibility index (Phi) is 5.14. The number of hydrogen-bond donors (Lipinski definition) is 2. The van der Waals surface area contributed by atoms with Gasteiger partial charge in [-0.25, -0.2) is 14.4 Å².